The van der Waals surface area contributed by atoms with E-state index < -0.39 is 10.9 Å². The van der Waals surface area contributed by atoms with Gasteiger partial charge in [0.1, 0.15) is 0 Å². The molecule has 8 nitrogen and oxygen atoms in total. The molecule has 0 bridgehead atoms. The summed E-state index contributed by atoms with van der Waals surface area (Å²) in [6, 6.07) is 11.0. The van der Waals surface area contributed by atoms with Crippen LogP contribution in [0.15, 0.2) is 36.4 Å². The zero-order chi connectivity index (χ0) is 22.5. The lowest BCUT2D eigenvalue weighted by molar-refractivity contribution is -0.385. The second kappa shape index (κ2) is 9.80. The van der Waals surface area contributed by atoms with E-state index in [2.05, 4.69) is 4.98 Å². The number of benzene rings is 1. The van der Waals surface area contributed by atoms with E-state index in [4.69, 9.17) is 4.74 Å². The molecule has 0 fully saturated rings. The van der Waals surface area contributed by atoms with E-state index in [1.54, 1.807) is 20.8 Å². The number of esters is 1. The molecule has 2 aromatic heterocycles. The Labute approximate surface area is 187 Å². The van der Waals surface area contributed by atoms with Crippen LogP contribution in [0.3, 0.4) is 0 Å². The van der Waals surface area contributed by atoms with Gasteiger partial charge in [-0.15, -0.1) is 22.7 Å². The quantitative estimate of drug-likeness (QED) is 0.272. The van der Waals surface area contributed by atoms with E-state index in [1.165, 1.54) is 22.3 Å². The zero-order valence-electron chi connectivity index (χ0n) is 17.3. The Hall–Kier alpha value is -3.11. The minimum atomic E-state index is -0.541. The number of carbonyl (C=O) groups is 2. The number of thiophene rings is 1. The maximum atomic E-state index is 13.3. The zero-order valence-corrected chi connectivity index (χ0v) is 18.9. The Kier molecular flexibility index (Phi) is 7.13. The topological polar surface area (TPSA) is 103 Å². The highest BCUT2D eigenvalue weighted by molar-refractivity contribution is 7.16. The third-order valence-electron chi connectivity index (χ3n) is 4.50. The van der Waals surface area contributed by atoms with E-state index in [-0.39, 0.29) is 28.8 Å². The van der Waals surface area contributed by atoms with E-state index in [0.29, 0.717) is 27.9 Å². The first kappa shape index (κ1) is 22.6. The lowest BCUT2D eigenvalue weighted by Gasteiger charge is -2.19. The molecular formula is C21H21N3O5S2. The largest absolute Gasteiger partial charge is 0.461 e. The van der Waals surface area contributed by atoms with Crippen LogP contribution in [-0.4, -0.2) is 34.9 Å². The van der Waals surface area contributed by atoms with Crippen molar-refractivity contribution in [2.24, 2.45) is 0 Å². The number of nitro groups is 1. The number of hydrogen-bond acceptors (Lipinski definition) is 8. The molecule has 3 rings (SSSR count). The number of carbonyl (C=O) groups excluding carboxylic acids is 2. The van der Waals surface area contributed by atoms with Crippen molar-refractivity contribution in [2.45, 2.75) is 27.2 Å². The van der Waals surface area contributed by atoms with E-state index >= 15 is 0 Å². The normalized spacial score (nSPS) is 10.7. The van der Waals surface area contributed by atoms with Crippen molar-refractivity contribution >= 4 is 45.4 Å². The summed E-state index contributed by atoms with van der Waals surface area (Å²) in [5, 5.41) is 11.6. The third kappa shape index (κ3) is 5.15. The lowest BCUT2D eigenvalue weighted by atomic mass is 10.1. The summed E-state index contributed by atoms with van der Waals surface area (Å²) in [5.41, 5.74) is 1.12. The molecule has 1 amide bonds. The first-order chi connectivity index (χ1) is 14.8. The van der Waals surface area contributed by atoms with Crippen molar-refractivity contribution in [1.29, 1.82) is 0 Å². The number of amides is 1. The Morgan fingerprint density at radius 2 is 1.87 bits per heavy atom. The molecule has 31 heavy (non-hydrogen) atoms. The summed E-state index contributed by atoms with van der Waals surface area (Å²) in [5.74, 6) is -0.929. The number of aromatic nitrogens is 1. The van der Waals surface area contributed by atoms with Crippen LogP contribution < -0.4 is 4.90 Å². The van der Waals surface area contributed by atoms with Gasteiger partial charge >= 0.3 is 5.97 Å². The van der Waals surface area contributed by atoms with Gasteiger partial charge in [-0.1, -0.05) is 30.3 Å². The third-order valence-corrected chi connectivity index (χ3v) is 6.52. The molecule has 0 aliphatic rings. The molecule has 1 aromatic carbocycles. The van der Waals surface area contributed by atoms with Crippen LogP contribution in [0.4, 0.5) is 10.8 Å². The number of nitrogens with zero attached hydrogens (tertiary/aromatic N) is 3. The highest BCUT2D eigenvalue weighted by Crippen LogP contribution is 2.32. The first-order valence-electron chi connectivity index (χ1n) is 9.57. The van der Waals surface area contributed by atoms with Crippen LogP contribution >= 0.6 is 22.7 Å². The summed E-state index contributed by atoms with van der Waals surface area (Å²) >= 11 is 2.29. The van der Waals surface area contributed by atoms with E-state index in [1.807, 2.05) is 30.3 Å². The van der Waals surface area contributed by atoms with Crippen LogP contribution in [0, 0.1) is 24.0 Å². The number of rotatable bonds is 8. The van der Waals surface area contributed by atoms with Gasteiger partial charge < -0.3 is 4.74 Å². The molecule has 3 aromatic rings. The average Bonchev–Trinajstić information content (AvgIpc) is 3.32. The standard InChI is InChI=1S/C21H21N3O5S2/c1-4-29-20(26)18-14(3)31-21(22-18)23(11-10-15-8-6-5-7-9-15)19(25)17-12-16(24(27)28)13(2)30-17/h5-9,12H,4,10-11H2,1-3H3. The second-order valence-corrected chi connectivity index (χ2v) is 9.06. The van der Waals surface area contributed by atoms with Gasteiger partial charge in [-0.2, -0.15) is 0 Å². The summed E-state index contributed by atoms with van der Waals surface area (Å²) in [6.45, 7) is 5.60. The maximum Gasteiger partial charge on any atom is 0.358 e. The van der Waals surface area contributed by atoms with Gasteiger partial charge in [-0.25, -0.2) is 9.78 Å². The van der Waals surface area contributed by atoms with Gasteiger partial charge in [0.05, 0.1) is 21.3 Å². The second-order valence-electron chi connectivity index (χ2n) is 6.62. The van der Waals surface area contributed by atoms with Crippen molar-refractivity contribution in [3.63, 3.8) is 0 Å². The maximum absolute atomic E-state index is 13.3. The predicted octanol–water partition coefficient (Wildman–Crippen LogP) is 4.80. The minimum Gasteiger partial charge on any atom is -0.461 e. The predicted molar refractivity (Wildman–Crippen MR) is 120 cm³/mol. The van der Waals surface area contributed by atoms with Crippen LogP contribution in [-0.2, 0) is 11.2 Å². The Bertz CT molecular complexity index is 1110. The van der Waals surface area contributed by atoms with Gasteiger partial charge in [0.25, 0.3) is 11.6 Å². The van der Waals surface area contributed by atoms with E-state index in [0.717, 1.165) is 16.9 Å². The number of anilines is 1. The van der Waals surface area contributed by atoms with Crippen molar-refractivity contribution in [2.75, 3.05) is 18.1 Å². The molecule has 0 radical (unpaired) electrons. The fraction of sp³-hybridized carbons (Fsp3) is 0.286. The average molecular weight is 460 g/mol. The Morgan fingerprint density at radius 1 is 1.16 bits per heavy atom. The van der Waals surface area contributed by atoms with Crippen LogP contribution in [0.25, 0.3) is 0 Å². The number of aryl methyl sites for hydroxylation is 2. The SMILES string of the molecule is CCOC(=O)c1nc(N(CCc2ccccc2)C(=O)c2cc([N+](=O)[O-])c(C)s2)sc1C. The molecule has 162 valence electrons. The van der Waals surface area contributed by atoms with Gasteiger partial charge in [-0.3, -0.25) is 19.8 Å². The molecule has 0 N–H and O–H groups in total. The molecule has 2 heterocycles. The molecule has 10 heteroatoms. The molecule has 0 atom stereocenters. The molecule has 0 aliphatic carbocycles. The highest BCUT2D eigenvalue weighted by Gasteiger charge is 2.28. The Morgan fingerprint density at radius 3 is 2.48 bits per heavy atom. The van der Waals surface area contributed by atoms with Gasteiger partial charge in [0, 0.05) is 17.5 Å². The van der Waals surface area contributed by atoms with Crippen molar-refractivity contribution in [3.8, 4) is 0 Å². The molecule has 0 saturated carbocycles. The number of thiazole rings is 1. The molecule has 0 aliphatic heterocycles. The summed E-state index contributed by atoms with van der Waals surface area (Å²) in [6.07, 6.45) is 0.562. The first-order valence-corrected chi connectivity index (χ1v) is 11.2. The van der Waals surface area contributed by atoms with Crippen LogP contribution in [0.5, 0.6) is 0 Å². The van der Waals surface area contributed by atoms with Gasteiger partial charge in [0.15, 0.2) is 10.8 Å². The smallest absolute Gasteiger partial charge is 0.358 e. The van der Waals surface area contributed by atoms with Crippen molar-refractivity contribution < 1.29 is 19.2 Å². The Balaban J connectivity index is 1.95. The monoisotopic (exact) mass is 459 g/mol. The van der Waals surface area contributed by atoms with Crippen LogP contribution in [0.2, 0.25) is 0 Å². The van der Waals surface area contributed by atoms with Crippen LogP contribution in [0.1, 0.15) is 42.4 Å². The summed E-state index contributed by atoms with van der Waals surface area (Å²) in [4.78, 5) is 43.4. The fourth-order valence-electron chi connectivity index (χ4n) is 2.95. The lowest BCUT2D eigenvalue weighted by Crippen LogP contribution is -2.32. The molecule has 0 spiro atoms. The van der Waals surface area contributed by atoms with Crippen molar-refractivity contribution in [1.82, 2.24) is 4.98 Å². The van der Waals surface area contributed by atoms with Crippen molar-refractivity contribution in [3.05, 3.63) is 72.4 Å². The van der Waals surface area contributed by atoms with E-state index in [9.17, 15) is 19.7 Å². The summed E-state index contributed by atoms with van der Waals surface area (Å²) < 4.78 is 5.05. The van der Waals surface area contributed by atoms with Gasteiger partial charge in [-0.05, 0) is 32.8 Å². The molecule has 0 saturated heterocycles. The molecular weight excluding hydrogens is 438 g/mol. The summed E-state index contributed by atoms with van der Waals surface area (Å²) in [7, 11) is 0. The number of hydrogen-bond donors (Lipinski definition) is 0. The minimum absolute atomic E-state index is 0.0844. The fourth-order valence-corrected chi connectivity index (χ4v) is 4.81. The number of ether oxygens (including phenoxy) is 1. The molecule has 0 unspecified atom stereocenters. The van der Waals surface area contributed by atoms with Gasteiger partial charge in [0.2, 0.25) is 0 Å². The highest BCUT2D eigenvalue weighted by atomic mass is 32.1.